The smallest absolute Gasteiger partial charge is 0.378 e. The van der Waals surface area contributed by atoms with Gasteiger partial charge in [-0.25, -0.2) is 0 Å². The maximum absolute atomic E-state index is 13.2. The molecule has 11 heteroatoms. The number of rotatable bonds is 3. The standard InChI is InChI=1S/C19H16Cl2F3N3O2S/c20-13-3-1-11(9-14(13)21)17(28)26-18(30)25-15-10-12(19(22,23)24)2-4-16(15)27-5-7-29-8-6-27/h1-4,9-10H,5-8H2,(H2,25,26,28,30). The summed E-state index contributed by atoms with van der Waals surface area (Å²) in [6, 6.07) is 7.62. The van der Waals surface area contributed by atoms with Gasteiger partial charge in [-0.15, -0.1) is 0 Å². The van der Waals surface area contributed by atoms with E-state index in [4.69, 9.17) is 40.2 Å². The van der Waals surface area contributed by atoms with Crippen LogP contribution in [-0.4, -0.2) is 37.3 Å². The molecule has 1 aliphatic rings. The average Bonchev–Trinajstić information content (AvgIpc) is 2.70. The molecule has 2 N–H and O–H groups in total. The van der Waals surface area contributed by atoms with E-state index in [1.807, 2.05) is 4.90 Å². The Hall–Kier alpha value is -2.07. The molecule has 3 rings (SSSR count). The van der Waals surface area contributed by atoms with Crippen LogP contribution < -0.4 is 15.5 Å². The van der Waals surface area contributed by atoms with Crippen LogP contribution in [0.5, 0.6) is 0 Å². The van der Waals surface area contributed by atoms with Crippen molar-refractivity contribution in [3.05, 3.63) is 57.6 Å². The SMILES string of the molecule is O=C(NC(=S)Nc1cc(C(F)(F)F)ccc1N1CCOCC1)c1ccc(Cl)c(Cl)c1. The molecule has 0 bridgehead atoms. The lowest BCUT2D eigenvalue weighted by Crippen LogP contribution is -2.38. The van der Waals surface area contributed by atoms with Gasteiger partial charge >= 0.3 is 6.18 Å². The highest BCUT2D eigenvalue weighted by atomic mass is 35.5. The van der Waals surface area contributed by atoms with Crippen LogP contribution in [0.25, 0.3) is 0 Å². The van der Waals surface area contributed by atoms with Crippen molar-refractivity contribution >= 4 is 57.8 Å². The Morgan fingerprint density at radius 3 is 2.40 bits per heavy atom. The van der Waals surface area contributed by atoms with Gasteiger partial charge in [-0.2, -0.15) is 13.2 Å². The first-order valence-corrected chi connectivity index (χ1v) is 9.93. The summed E-state index contributed by atoms with van der Waals surface area (Å²) in [5, 5.41) is 5.46. The molecule has 0 spiro atoms. The summed E-state index contributed by atoms with van der Waals surface area (Å²) >= 11 is 16.9. The largest absolute Gasteiger partial charge is 0.416 e. The van der Waals surface area contributed by atoms with Crippen molar-refractivity contribution in [3.63, 3.8) is 0 Å². The number of nitrogens with zero attached hydrogens (tertiary/aromatic N) is 1. The van der Waals surface area contributed by atoms with Crippen molar-refractivity contribution in [3.8, 4) is 0 Å². The summed E-state index contributed by atoms with van der Waals surface area (Å²) in [7, 11) is 0. The molecule has 0 atom stereocenters. The summed E-state index contributed by atoms with van der Waals surface area (Å²) in [6.07, 6.45) is -4.52. The molecule has 30 heavy (non-hydrogen) atoms. The van der Waals surface area contributed by atoms with Crippen molar-refractivity contribution < 1.29 is 22.7 Å². The predicted molar refractivity (Wildman–Crippen MR) is 115 cm³/mol. The van der Waals surface area contributed by atoms with Crippen LogP contribution in [0.4, 0.5) is 24.5 Å². The molecular weight excluding hydrogens is 462 g/mol. The van der Waals surface area contributed by atoms with Gasteiger partial charge in [0.05, 0.1) is 40.2 Å². The van der Waals surface area contributed by atoms with Gasteiger partial charge in [0, 0.05) is 18.7 Å². The molecule has 0 aromatic heterocycles. The number of anilines is 2. The minimum absolute atomic E-state index is 0.131. The number of alkyl halides is 3. The summed E-state index contributed by atoms with van der Waals surface area (Å²) in [5.74, 6) is -0.578. The van der Waals surface area contributed by atoms with E-state index < -0.39 is 17.6 Å². The van der Waals surface area contributed by atoms with Crippen LogP contribution in [0.3, 0.4) is 0 Å². The Kier molecular flexibility index (Phi) is 7.07. The number of morpholine rings is 1. The first-order chi connectivity index (χ1) is 14.1. The average molecular weight is 478 g/mol. The molecule has 5 nitrogen and oxygen atoms in total. The highest BCUT2D eigenvalue weighted by molar-refractivity contribution is 7.80. The van der Waals surface area contributed by atoms with Gasteiger partial charge in [-0.3, -0.25) is 10.1 Å². The second-order valence-corrected chi connectivity index (χ2v) is 7.59. The van der Waals surface area contributed by atoms with Crippen LogP contribution in [-0.2, 0) is 10.9 Å². The van der Waals surface area contributed by atoms with E-state index in [0.717, 1.165) is 12.1 Å². The zero-order chi connectivity index (χ0) is 21.9. The molecule has 1 heterocycles. The monoisotopic (exact) mass is 477 g/mol. The molecule has 1 amide bonds. The molecule has 0 saturated carbocycles. The lowest BCUT2D eigenvalue weighted by molar-refractivity contribution is -0.137. The highest BCUT2D eigenvalue weighted by Crippen LogP contribution is 2.35. The topological polar surface area (TPSA) is 53.6 Å². The number of amides is 1. The molecule has 2 aromatic carbocycles. The number of carbonyl (C=O) groups is 1. The second kappa shape index (κ2) is 9.38. The van der Waals surface area contributed by atoms with Crippen LogP contribution in [0, 0.1) is 0 Å². The van der Waals surface area contributed by atoms with Crippen LogP contribution in [0.1, 0.15) is 15.9 Å². The third-order valence-electron chi connectivity index (χ3n) is 4.33. The van der Waals surface area contributed by atoms with Crippen LogP contribution in [0.2, 0.25) is 10.0 Å². The molecule has 2 aromatic rings. The number of nitrogens with one attached hydrogen (secondary N) is 2. The number of hydrogen-bond donors (Lipinski definition) is 2. The zero-order valence-corrected chi connectivity index (χ0v) is 17.7. The Morgan fingerprint density at radius 2 is 1.77 bits per heavy atom. The van der Waals surface area contributed by atoms with Crippen molar-refractivity contribution in [2.24, 2.45) is 0 Å². The molecular formula is C19H16Cl2F3N3O2S. The van der Waals surface area contributed by atoms with E-state index in [1.165, 1.54) is 24.3 Å². The quantitative estimate of drug-likeness (QED) is 0.610. The van der Waals surface area contributed by atoms with Crippen LogP contribution in [0.15, 0.2) is 36.4 Å². The van der Waals surface area contributed by atoms with Crippen molar-refractivity contribution in [2.45, 2.75) is 6.18 Å². The Morgan fingerprint density at radius 1 is 1.07 bits per heavy atom. The molecule has 0 aliphatic carbocycles. The fourth-order valence-electron chi connectivity index (χ4n) is 2.86. The first kappa shape index (κ1) is 22.6. The van der Waals surface area contributed by atoms with Gasteiger partial charge in [-0.1, -0.05) is 23.2 Å². The Bertz CT molecular complexity index is 967. The molecule has 1 aliphatic heterocycles. The summed E-state index contributed by atoms with van der Waals surface area (Å²) in [4.78, 5) is 14.3. The lowest BCUT2D eigenvalue weighted by Gasteiger charge is -2.31. The number of thiocarbonyl (C=S) groups is 1. The van der Waals surface area contributed by atoms with Gasteiger partial charge in [-0.05, 0) is 48.6 Å². The van der Waals surface area contributed by atoms with Gasteiger partial charge < -0.3 is 15.0 Å². The number of ether oxygens (including phenoxy) is 1. The van der Waals surface area contributed by atoms with Gasteiger partial charge in [0.2, 0.25) is 0 Å². The second-order valence-electron chi connectivity index (χ2n) is 6.37. The normalized spacial score (nSPS) is 14.4. The number of benzene rings is 2. The Labute approximate surface area is 186 Å². The summed E-state index contributed by atoms with van der Waals surface area (Å²) in [5.41, 5.74) is 0.0233. The molecule has 0 unspecified atom stereocenters. The summed E-state index contributed by atoms with van der Waals surface area (Å²) < 4.78 is 44.9. The van der Waals surface area contributed by atoms with E-state index in [-0.39, 0.29) is 26.4 Å². The highest BCUT2D eigenvalue weighted by Gasteiger charge is 2.31. The van der Waals surface area contributed by atoms with Crippen molar-refractivity contribution in [2.75, 3.05) is 36.5 Å². The first-order valence-electron chi connectivity index (χ1n) is 8.76. The number of halogens is 5. The third kappa shape index (κ3) is 5.54. The minimum Gasteiger partial charge on any atom is -0.378 e. The lowest BCUT2D eigenvalue weighted by atomic mass is 10.1. The fraction of sp³-hybridized carbons (Fsp3) is 0.263. The number of carbonyl (C=O) groups excluding carboxylic acids is 1. The predicted octanol–water partition coefficient (Wildman–Crippen LogP) is 4.98. The van der Waals surface area contributed by atoms with Gasteiger partial charge in [0.1, 0.15) is 0 Å². The van der Waals surface area contributed by atoms with Gasteiger partial charge in [0.25, 0.3) is 5.91 Å². The molecule has 0 radical (unpaired) electrons. The maximum Gasteiger partial charge on any atom is 0.416 e. The molecule has 1 saturated heterocycles. The van der Waals surface area contributed by atoms with E-state index in [9.17, 15) is 18.0 Å². The maximum atomic E-state index is 13.2. The van der Waals surface area contributed by atoms with E-state index in [2.05, 4.69) is 10.6 Å². The molecule has 1 fully saturated rings. The zero-order valence-electron chi connectivity index (χ0n) is 15.4. The van der Waals surface area contributed by atoms with Crippen LogP contribution >= 0.6 is 35.4 Å². The van der Waals surface area contributed by atoms with Crippen molar-refractivity contribution in [1.29, 1.82) is 0 Å². The molecule has 160 valence electrons. The number of hydrogen-bond acceptors (Lipinski definition) is 4. The van der Waals surface area contributed by atoms with E-state index >= 15 is 0 Å². The van der Waals surface area contributed by atoms with E-state index in [0.29, 0.717) is 32.0 Å². The summed E-state index contributed by atoms with van der Waals surface area (Å²) in [6.45, 7) is 1.95. The minimum atomic E-state index is -4.52. The fourth-order valence-corrected chi connectivity index (χ4v) is 3.36. The van der Waals surface area contributed by atoms with E-state index in [1.54, 1.807) is 0 Å². The third-order valence-corrected chi connectivity index (χ3v) is 5.28. The van der Waals surface area contributed by atoms with Gasteiger partial charge in [0.15, 0.2) is 5.11 Å². The van der Waals surface area contributed by atoms with Crippen molar-refractivity contribution in [1.82, 2.24) is 5.32 Å². The Balaban J connectivity index is 1.81.